The molecule has 0 saturated heterocycles. The van der Waals surface area contributed by atoms with Gasteiger partial charge in [-0.05, 0) is 24.6 Å². The van der Waals surface area contributed by atoms with Crippen LogP contribution in [0, 0.1) is 0 Å². The van der Waals surface area contributed by atoms with Crippen LogP contribution in [0.1, 0.15) is 12.5 Å². The zero-order valence-electron chi connectivity index (χ0n) is 9.47. The van der Waals surface area contributed by atoms with E-state index in [9.17, 15) is 26.3 Å². The van der Waals surface area contributed by atoms with Gasteiger partial charge in [0.2, 0.25) is 0 Å². The van der Waals surface area contributed by atoms with Gasteiger partial charge in [-0.25, -0.2) is 0 Å². The Balaban J connectivity index is 3.10. The van der Waals surface area contributed by atoms with Gasteiger partial charge in [0.1, 0.15) is 11.5 Å². The Kier molecular flexibility index (Phi) is 4.33. The van der Waals surface area contributed by atoms with Gasteiger partial charge in [0.25, 0.3) is 0 Å². The molecule has 0 amide bonds. The molecule has 8 heteroatoms. The normalized spacial score (nSPS) is 12.8. The van der Waals surface area contributed by atoms with Crippen LogP contribution in [-0.4, -0.2) is 12.7 Å². The molecule has 0 N–H and O–H groups in total. The number of hydrogen-bond donors (Lipinski definition) is 0. The Hall–Kier alpha value is -1.86. The van der Waals surface area contributed by atoms with Crippen LogP contribution in [0.5, 0.6) is 11.5 Å². The van der Waals surface area contributed by atoms with Crippen molar-refractivity contribution in [3.05, 3.63) is 29.8 Å². The lowest BCUT2D eigenvalue weighted by atomic mass is 10.2. The summed E-state index contributed by atoms with van der Waals surface area (Å²) in [6.07, 6.45) is -7.23. The Bertz CT molecular complexity index is 427. The van der Waals surface area contributed by atoms with E-state index in [1.54, 1.807) is 6.92 Å². The molecule has 0 spiro atoms. The predicted molar refractivity (Wildman–Crippen MR) is 54.5 cm³/mol. The van der Waals surface area contributed by atoms with Gasteiger partial charge >= 0.3 is 12.7 Å². The van der Waals surface area contributed by atoms with E-state index in [0.29, 0.717) is 6.07 Å². The number of benzene rings is 1. The number of hydrogen-bond acceptors (Lipinski definition) is 2. The largest absolute Gasteiger partial charge is 0.573 e. The molecule has 19 heavy (non-hydrogen) atoms. The average Bonchev–Trinajstić information content (AvgIpc) is 2.11. The summed E-state index contributed by atoms with van der Waals surface area (Å²) in [5.74, 6) is -1.58. The molecular weight excluding hydrogens is 278 g/mol. The molecule has 106 valence electrons. The number of ether oxygens (including phenoxy) is 2. The summed E-state index contributed by atoms with van der Waals surface area (Å²) in [5.41, 5.74) is 0.0866. The first-order valence-electron chi connectivity index (χ1n) is 4.88. The van der Waals surface area contributed by atoms with Crippen LogP contribution in [0.15, 0.2) is 24.3 Å². The first-order valence-corrected chi connectivity index (χ1v) is 4.88. The lowest BCUT2D eigenvalue weighted by molar-refractivity contribution is -0.276. The van der Waals surface area contributed by atoms with Crippen LogP contribution in [0.2, 0.25) is 0 Å². The maximum absolute atomic E-state index is 12.0. The summed E-state index contributed by atoms with van der Waals surface area (Å²) < 4.78 is 79.3. The van der Waals surface area contributed by atoms with Crippen LogP contribution < -0.4 is 9.47 Å². The molecule has 1 aromatic carbocycles. The third-order valence-corrected chi connectivity index (χ3v) is 1.73. The Morgan fingerprint density at radius 1 is 0.842 bits per heavy atom. The lowest BCUT2D eigenvalue weighted by Crippen LogP contribution is -2.19. The van der Waals surface area contributed by atoms with Crippen molar-refractivity contribution in [2.45, 2.75) is 19.6 Å². The van der Waals surface area contributed by atoms with Gasteiger partial charge in [0.05, 0.1) is 0 Å². The van der Waals surface area contributed by atoms with Crippen LogP contribution in [0.3, 0.4) is 0 Å². The third kappa shape index (κ3) is 6.03. The van der Waals surface area contributed by atoms with Gasteiger partial charge in [0.15, 0.2) is 0 Å². The van der Waals surface area contributed by atoms with E-state index in [2.05, 4.69) is 9.47 Å². The molecule has 0 heterocycles. The van der Waals surface area contributed by atoms with Gasteiger partial charge < -0.3 is 9.47 Å². The zero-order chi connectivity index (χ0) is 14.7. The highest BCUT2D eigenvalue weighted by Gasteiger charge is 2.33. The lowest BCUT2D eigenvalue weighted by Gasteiger charge is -2.13. The molecule has 0 radical (unpaired) electrons. The van der Waals surface area contributed by atoms with Crippen molar-refractivity contribution < 1.29 is 35.8 Å². The van der Waals surface area contributed by atoms with Crippen molar-refractivity contribution in [3.8, 4) is 11.5 Å². The number of alkyl halides is 6. The molecule has 0 fully saturated rings. The maximum Gasteiger partial charge on any atom is 0.573 e. The van der Waals surface area contributed by atoms with Crippen molar-refractivity contribution in [1.29, 1.82) is 0 Å². The minimum atomic E-state index is -5.00. The first-order chi connectivity index (χ1) is 8.59. The van der Waals surface area contributed by atoms with Crippen molar-refractivity contribution in [3.63, 3.8) is 0 Å². The quantitative estimate of drug-likeness (QED) is 0.761. The molecule has 2 nitrogen and oxygen atoms in total. The number of rotatable bonds is 3. The first kappa shape index (κ1) is 15.2. The third-order valence-electron chi connectivity index (χ3n) is 1.73. The van der Waals surface area contributed by atoms with Crippen LogP contribution in [0.4, 0.5) is 26.3 Å². The monoisotopic (exact) mass is 286 g/mol. The molecule has 0 saturated carbocycles. The van der Waals surface area contributed by atoms with Crippen molar-refractivity contribution in [2.75, 3.05) is 0 Å². The molecule has 1 rings (SSSR count). The summed E-state index contributed by atoms with van der Waals surface area (Å²) in [6, 6.07) is 2.39. The van der Waals surface area contributed by atoms with E-state index in [4.69, 9.17) is 0 Å². The van der Waals surface area contributed by atoms with Gasteiger partial charge in [-0.15, -0.1) is 26.3 Å². The fourth-order valence-corrected chi connectivity index (χ4v) is 1.27. The van der Waals surface area contributed by atoms with Crippen LogP contribution in [-0.2, 0) is 0 Å². The zero-order valence-corrected chi connectivity index (χ0v) is 9.47. The van der Waals surface area contributed by atoms with E-state index in [1.165, 1.54) is 12.2 Å². The highest BCUT2D eigenvalue weighted by atomic mass is 19.4. The van der Waals surface area contributed by atoms with E-state index in [0.717, 1.165) is 12.1 Å². The molecule has 1 aromatic rings. The number of allylic oxidation sites excluding steroid dienone is 1. The summed E-state index contributed by atoms with van der Waals surface area (Å²) in [5, 5.41) is 0. The maximum atomic E-state index is 12.0. The topological polar surface area (TPSA) is 18.5 Å². The van der Waals surface area contributed by atoms with Gasteiger partial charge in [-0.3, -0.25) is 0 Å². The van der Waals surface area contributed by atoms with Crippen molar-refractivity contribution in [1.82, 2.24) is 0 Å². The minimum absolute atomic E-state index is 0.0866. The summed E-state index contributed by atoms with van der Waals surface area (Å²) in [6.45, 7) is 1.56. The van der Waals surface area contributed by atoms with Crippen molar-refractivity contribution >= 4 is 6.08 Å². The van der Waals surface area contributed by atoms with Crippen LogP contribution in [0.25, 0.3) is 6.08 Å². The SMILES string of the molecule is CC=Cc1cc(OC(F)(F)F)cc(OC(F)(F)F)c1. The summed E-state index contributed by atoms with van der Waals surface area (Å²) in [7, 11) is 0. The molecule has 0 atom stereocenters. The summed E-state index contributed by atoms with van der Waals surface area (Å²) in [4.78, 5) is 0. The van der Waals surface area contributed by atoms with Gasteiger partial charge in [-0.2, -0.15) is 0 Å². The Morgan fingerprint density at radius 3 is 1.58 bits per heavy atom. The minimum Gasteiger partial charge on any atom is -0.406 e. The van der Waals surface area contributed by atoms with E-state index in [-0.39, 0.29) is 5.56 Å². The standard InChI is InChI=1S/C11H8F6O2/c1-2-3-7-4-8(18-10(12,13)14)6-9(5-7)19-11(15,16)17/h2-6H,1H3. The Labute approximate surface area is 104 Å². The molecule has 0 aliphatic heterocycles. The second kappa shape index (κ2) is 5.41. The molecule has 0 bridgehead atoms. The smallest absolute Gasteiger partial charge is 0.406 e. The molecule has 0 aromatic heterocycles. The Morgan fingerprint density at radius 2 is 1.26 bits per heavy atom. The van der Waals surface area contributed by atoms with Gasteiger partial charge in [-0.1, -0.05) is 12.2 Å². The van der Waals surface area contributed by atoms with Crippen LogP contribution >= 0.6 is 0 Å². The second-order valence-electron chi connectivity index (χ2n) is 3.33. The molecule has 0 aliphatic rings. The fourth-order valence-electron chi connectivity index (χ4n) is 1.27. The van der Waals surface area contributed by atoms with Gasteiger partial charge in [0, 0.05) is 6.07 Å². The second-order valence-corrected chi connectivity index (χ2v) is 3.33. The highest BCUT2D eigenvalue weighted by molar-refractivity contribution is 5.55. The number of halogens is 6. The van der Waals surface area contributed by atoms with E-state index >= 15 is 0 Å². The van der Waals surface area contributed by atoms with E-state index < -0.39 is 24.2 Å². The summed E-state index contributed by atoms with van der Waals surface area (Å²) >= 11 is 0. The molecule has 0 aliphatic carbocycles. The van der Waals surface area contributed by atoms with Crippen molar-refractivity contribution in [2.24, 2.45) is 0 Å². The molecular formula is C11H8F6O2. The van der Waals surface area contributed by atoms with E-state index in [1.807, 2.05) is 0 Å². The molecule has 0 unspecified atom stereocenters. The predicted octanol–water partition coefficient (Wildman–Crippen LogP) is 4.52. The average molecular weight is 286 g/mol. The highest BCUT2D eigenvalue weighted by Crippen LogP contribution is 2.31. The fraction of sp³-hybridized carbons (Fsp3) is 0.273.